The van der Waals surface area contributed by atoms with E-state index in [4.69, 9.17) is 12.2 Å². The molecule has 1 heterocycles. The number of nitrogens with one attached hydrogen (secondary N) is 2. The highest BCUT2D eigenvalue weighted by Gasteiger charge is 1.94. The average Bonchev–Trinajstić information content (AvgIpc) is 2.41. The largest absolute Gasteiger partial charge is 0.316 e. The molecule has 2 N–H and O–H groups in total. The molecule has 0 aliphatic carbocycles. The van der Waals surface area contributed by atoms with Crippen molar-refractivity contribution >= 4 is 29.4 Å². The zero-order chi connectivity index (χ0) is 12.6. The lowest BCUT2D eigenvalue weighted by molar-refractivity contribution is 1.05. The van der Waals surface area contributed by atoms with Gasteiger partial charge in [-0.15, -0.1) is 0 Å². The molecule has 5 heteroatoms. The fraction of sp³-hybridized carbons (Fsp3) is 0. The van der Waals surface area contributed by atoms with Crippen LogP contribution in [-0.4, -0.2) is 16.3 Å². The lowest BCUT2D eigenvalue weighted by Crippen LogP contribution is -2.24. The second-order valence-corrected chi connectivity index (χ2v) is 3.86. The third-order valence-electron chi connectivity index (χ3n) is 2.09. The van der Waals surface area contributed by atoms with E-state index in [0.29, 0.717) is 10.9 Å². The fourth-order valence-electron chi connectivity index (χ4n) is 1.29. The molecule has 0 fully saturated rings. The molecular formula is C13H12N4S. The van der Waals surface area contributed by atoms with Gasteiger partial charge in [-0.3, -0.25) is 5.43 Å². The monoisotopic (exact) mass is 256 g/mol. The van der Waals surface area contributed by atoms with Crippen molar-refractivity contribution in [2.75, 3.05) is 5.32 Å². The Balaban J connectivity index is 1.84. The fourth-order valence-corrected chi connectivity index (χ4v) is 1.44. The summed E-state index contributed by atoms with van der Waals surface area (Å²) in [5, 5.41) is 7.36. The van der Waals surface area contributed by atoms with Crippen molar-refractivity contribution in [3.05, 3.63) is 60.3 Å². The van der Waals surface area contributed by atoms with Crippen LogP contribution in [0, 0.1) is 0 Å². The Bertz CT molecular complexity index is 525. The molecule has 0 spiro atoms. The zero-order valence-corrected chi connectivity index (χ0v) is 10.4. The molecule has 0 radical (unpaired) electrons. The normalized spacial score (nSPS) is 10.2. The van der Waals surface area contributed by atoms with Crippen LogP contribution >= 0.6 is 12.2 Å². The second-order valence-electron chi connectivity index (χ2n) is 3.45. The minimum Gasteiger partial charge on any atom is -0.316 e. The molecule has 4 nitrogen and oxygen atoms in total. The topological polar surface area (TPSA) is 49.3 Å². The summed E-state index contributed by atoms with van der Waals surface area (Å²) in [5.41, 5.74) is 3.73. The molecule has 0 saturated carbocycles. The summed E-state index contributed by atoms with van der Waals surface area (Å²) in [6.45, 7) is 0. The summed E-state index contributed by atoms with van der Waals surface area (Å²) in [4.78, 5) is 4.09. The van der Waals surface area contributed by atoms with Crippen molar-refractivity contribution in [2.45, 2.75) is 0 Å². The van der Waals surface area contributed by atoms with Crippen LogP contribution in [0.5, 0.6) is 0 Å². The lowest BCUT2D eigenvalue weighted by atomic mass is 10.2. The number of hydrogen-bond acceptors (Lipinski definition) is 3. The minimum absolute atomic E-state index is 0.404. The van der Waals surface area contributed by atoms with E-state index < -0.39 is 0 Å². The summed E-state index contributed by atoms with van der Waals surface area (Å²) in [5.74, 6) is 0.685. The standard InChI is InChI=1S/C13H12N4S/c18-13(16-12-8-4-5-9-14-12)17-15-10-11-6-2-1-3-7-11/h1-10H,(H2,14,16,17,18). The van der Waals surface area contributed by atoms with Gasteiger partial charge in [0.15, 0.2) is 5.11 Å². The van der Waals surface area contributed by atoms with Gasteiger partial charge in [0.1, 0.15) is 5.82 Å². The molecule has 0 saturated heterocycles. The van der Waals surface area contributed by atoms with Gasteiger partial charge in [-0.2, -0.15) is 5.10 Å². The quantitative estimate of drug-likeness (QED) is 0.503. The first-order chi connectivity index (χ1) is 8.84. The molecule has 0 unspecified atom stereocenters. The Morgan fingerprint density at radius 2 is 1.89 bits per heavy atom. The molecule has 0 aliphatic heterocycles. The number of hydrogen-bond donors (Lipinski definition) is 2. The Hall–Kier alpha value is -2.27. The molecule has 1 aromatic carbocycles. The number of benzene rings is 1. The molecule has 1 aromatic heterocycles. The molecule has 2 aromatic rings. The number of rotatable bonds is 3. The average molecular weight is 256 g/mol. The van der Waals surface area contributed by atoms with E-state index in [1.54, 1.807) is 12.4 Å². The van der Waals surface area contributed by atoms with Gasteiger partial charge in [0, 0.05) is 6.20 Å². The predicted molar refractivity (Wildman–Crippen MR) is 77.6 cm³/mol. The third kappa shape index (κ3) is 3.95. The van der Waals surface area contributed by atoms with E-state index in [9.17, 15) is 0 Å². The van der Waals surface area contributed by atoms with E-state index >= 15 is 0 Å². The van der Waals surface area contributed by atoms with Crippen LogP contribution < -0.4 is 10.7 Å². The maximum absolute atomic E-state index is 5.08. The van der Waals surface area contributed by atoms with E-state index in [-0.39, 0.29) is 0 Å². The Labute approximate surface area is 111 Å². The Kier molecular flexibility index (Phi) is 4.38. The van der Waals surface area contributed by atoms with Gasteiger partial charge in [-0.1, -0.05) is 36.4 Å². The van der Waals surface area contributed by atoms with Crippen LogP contribution in [0.2, 0.25) is 0 Å². The molecule has 0 aliphatic rings. The van der Waals surface area contributed by atoms with E-state index in [1.807, 2.05) is 48.5 Å². The number of pyridine rings is 1. The first kappa shape index (κ1) is 12.2. The van der Waals surface area contributed by atoms with E-state index in [2.05, 4.69) is 20.8 Å². The van der Waals surface area contributed by atoms with Gasteiger partial charge < -0.3 is 5.32 Å². The van der Waals surface area contributed by atoms with Crippen LogP contribution in [0.4, 0.5) is 5.82 Å². The van der Waals surface area contributed by atoms with Crippen LogP contribution in [0.25, 0.3) is 0 Å². The lowest BCUT2D eigenvalue weighted by Gasteiger charge is -2.04. The number of hydrazone groups is 1. The first-order valence-electron chi connectivity index (χ1n) is 5.41. The minimum atomic E-state index is 0.404. The SMILES string of the molecule is S=C(NN=Cc1ccccc1)Nc1ccccn1. The molecule has 90 valence electrons. The van der Waals surface area contributed by atoms with Crippen molar-refractivity contribution in [3.8, 4) is 0 Å². The highest BCUT2D eigenvalue weighted by Crippen LogP contribution is 1.99. The van der Waals surface area contributed by atoms with Crippen LogP contribution in [0.3, 0.4) is 0 Å². The Morgan fingerprint density at radius 1 is 1.11 bits per heavy atom. The first-order valence-corrected chi connectivity index (χ1v) is 5.81. The highest BCUT2D eigenvalue weighted by atomic mass is 32.1. The van der Waals surface area contributed by atoms with E-state index in [0.717, 1.165) is 5.56 Å². The molecule has 0 bridgehead atoms. The smallest absolute Gasteiger partial charge is 0.192 e. The zero-order valence-electron chi connectivity index (χ0n) is 9.58. The number of nitrogens with zero attached hydrogens (tertiary/aromatic N) is 2. The van der Waals surface area contributed by atoms with Gasteiger partial charge in [0.25, 0.3) is 0 Å². The van der Waals surface area contributed by atoms with Crippen molar-refractivity contribution in [3.63, 3.8) is 0 Å². The van der Waals surface area contributed by atoms with Gasteiger partial charge in [-0.25, -0.2) is 4.98 Å². The second kappa shape index (κ2) is 6.46. The number of thiocarbonyl (C=S) groups is 1. The maximum Gasteiger partial charge on any atom is 0.192 e. The number of anilines is 1. The third-order valence-corrected chi connectivity index (χ3v) is 2.28. The van der Waals surface area contributed by atoms with Crippen LogP contribution in [0.15, 0.2) is 59.8 Å². The van der Waals surface area contributed by atoms with Crippen molar-refractivity contribution < 1.29 is 0 Å². The van der Waals surface area contributed by atoms with Crippen LogP contribution in [0.1, 0.15) is 5.56 Å². The summed E-state index contributed by atoms with van der Waals surface area (Å²) < 4.78 is 0. The van der Waals surface area contributed by atoms with E-state index in [1.165, 1.54) is 0 Å². The van der Waals surface area contributed by atoms with Crippen molar-refractivity contribution in [2.24, 2.45) is 5.10 Å². The molecule has 2 rings (SSSR count). The summed E-state index contributed by atoms with van der Waals surface area (Å²) in [7, 11) is 0. The number of aromatic nitrogens is 1. The predicted octanol–water partition coefficient (Wildman–Crippen LogP) is 2.40. The molecule has 0 amide bonds. The summed E-state index contributed by atoms with van der Waals surface area (Å²) >= 11 is 5.08. The molecular weight excluding hydrogens is 244 g/mol. The maximum atomic E-state index is 5.08. The molecule has 18 heavy (non-hydrogen) atoms. The van der Waals surface area contributed by atoms with Crippen molar-refractivity contribution in [1.82, 2.24) is 10.4 Å². The van der Waals surface area contributed by atoms with Gasteiger partial charge in [-0.05, 0) is 29.9 Å². The van der Waals surface area contributed by atoms with Crippen molar-refractivity contribution in [1.29, 1.82) is 0 Å². The van der Waals surface area contributed by atoms with Gasteiger partial charge in [0.05, 0.1) is 6.21 Å². The van der Waals surface area contributed by atoms with Gasteiger partial charge in [0.2, 0.25) is 0 Å². The molecule has 0 atom stereocenters. The summed E-state index contributed by atoms with van der Waals surface area (Å²) in [6.07, 6.45) is 3.39. The summed E-state index contributed by atoms with van der Waals surface area (Å²) in [6, 6.07) is 15.3. The van der Waals surface area contributed by atoms with Gasteiger partial charge >= 0.3 is 0 Å². The highest BCUT2D eigenvalue weighted by molar-refractivity contribution is 7.80. The van der Waals surface area contributed by atoms with Crippen LogP contribution in [-0.2, 0) is 0 Å². The Morgan fingerprint density at radius 3 is 2.61 bits per heavy atom.